The first-order valence-electron chi connectivity index (χ1n) is 5.90. The summed E-state index contributed by atoms with van der Waals surface area (Å²) in [5.41, 5.74) is 5.72. The van der Waals surface area contributed by atoms with Crippen molar-refractivity contribution in [2.45, 2.75) is 29.5 Å². The normalized spacial score (nSPS) is 24.9. The minimum Gasteiger partial charge on any atom is -0.330 e. The first-order chi connectivity index (χ1) is 8.46. The molecular formula is C11H17BrN2O2S2. The minimum absolute atomic E-state index is 0.0425. The quantitative estimate of drug-likeness (QED) is 0.903. The molecule has 1 saturated carbocycles. The maximum Gasteiger partial charge on any atom is 0.252 e. The lowest BCUT2D eigenvalue weighted by molar-refractivity contribution is 0.305. The predicted octanol–water partition coefficient (Wildman–Crippen LogP) is 2.26. The lowest BCUT2D eigenvalue weighted by Gasteiger charge is -2.27. The molecule has 2 atom stereocenters. The zero-order chi connectivity index (χ0) is 13.3. The molecule has 0 aliphatic heterocycles. The van der Waals surface area contributed by atoms with E-state index in [-0.39, 0.29) is 12.0 Å². The molecule has 0 radical (unpaired) electrons. The summed E-state index contributed by atoms with van der Waals surface area (Å²) >= 11 is 4.54. The Morgan fingerprint density at radius 2 is 2.22 bits per heavy atom. The van der Waals surface area contributed by atoms with Gasteiger partial charge in [-0.15, -0.1) is 11.3 Å². The molecule has 1 fully saturated rings. The van der Waals surface area contributed by atoms with Crippen LogP contribution in [0.4, 0.5) is 0 Å². The van der Waals surface area contributed by atoms with Crippen LogP contribution in [0.5, 0.6) is 0 Å². The van der Waals surface area contributed by atoms with Crippen LogP contribution in [-0.2, 0) is 10.0 Å². The van der Waals surface area contributed by atoms with Gasteiger partial charge in [0.15, 0.2) is 0 Å². The zero-order valence-electron chi connectivity index (χ0n) is 10.2. The molecule has 1 aliphatic rings. The Balaban J connectivity index is 2.25. The SMILES string of the molecule is CN(C1CCCC1CN)S(=O)(=O)c1ccc(Br)s1. The first kappa shape index (κ1) is 14.5. The van der Waals surface area contributed by atoms with Gasteiger partial charge in [-0.05, 0) is 53.4 Å². The summed E-state index contributed by atoms with van der Waals surface area (Å²) in [6, 6.07) is 3.45. The van der Waals surface area contributed by atoms with Crippen molar-refractivity contribution in [3.63, 3.8) is 0 Å². The highest BCUT2D eigenvalue weighted by molar-refractivity contribution is 9.11. The fourth-order valence-corrected chi connectivity index (χ4v) is 6.17. The van der Waals surface area contributed by atoms with Crippen LogP contribution in [-0.4, -0.2) is 32.4 Å². The molecule has 1 heterocycles. The van der Waals surface area contributed by atoms with Crippen LogP contribution in [0.1, 0.15) is 19.3 Å². The molecule has 0 saturated heterocycles. The lowest BCUT2D eigenvalue weighted by Crippen LogP contribution is -2.41. The van der Waals surface area contributed by atoms with Crippen LogP contribution in [0.25, 0.3) is 0 Å². The van der Waals surface area contributed by atoms with E-state index in [0.29, 0.717) is 10.8 Å². The van der Waals surface area contributed by atoms with Crippen LogP contribution in [0.15, 0.2) is 20.1 Å². The van der Waals surface area contributed by atoms with Crippen molar-refractivity contribution < 1.29 is 8.42 Å². The van der Waals surface area contributed by atoms with Crippen LogP contribution in [0, 0.1) is 5.92 Å². The molecule has 0 bridgehead atoms. The van der Waals surface area contributed by atoms with Crippen molar-refractivity contribution in [2.75, 3.05) is 13.6 Å². The molecule has 2 rings (SSSR count). The van der Waals surface area contributed by atoms with E-state index in [1.54, 1.807) is 19.2 Å². The van der Waals surface area contributed by atoms with Crippen molar-refractivity contribution in [1.82, 2.24) is 4.31 Å². The van der Waals surface area contributed by atoms with E-state index < -0.39 is 10.0 Å². The van der Waals surface area contributed by atoms with Crippen molar-refractivity contribution >= 4 is 37.3 Å². The third-order valence-electron chi connectivity index (χ3n) is 3.57. The number of hydrogen-bond donors (Lipinski definition) is 1. The smallest absolute Gasteiger partial charge is 0.252 e. The summed E-state index contributed by atoms with van der Waals surface area (Å²) < 4.78 is 27.7. The second kappa shape index (κ2) is 5.58. The van der Waals surface area contributed by atoms with Gasteiger partial charge in [0.1, 0.15) is 4.21 Å². The predicted molar refractivity (Wildman–Crippen MR) is 77.2 cm³/mol. The second-order valence-electron chi connectivity index (χ2n) is 4.57. The van der Waals surface area contributed by atoms with E-state index in [1.165, 1.54) is 15.6 Å². The van der Waals surface area contributed by atoms with Gasteiger partial charge in [0.05, 0.1) is 3.79 Å². The van der Waals surface area contributed by atoms with Crippen LogP contribution in [0.3, 0.4) is 0 Å². The number of thiophene rings is 1. The molecule has 1 aliphatic carbocycles. The van der Waals surface area contributed by atoms with Gasteiger partial charge in [-0.1, -0.05) is 6.42 Å². The van der Waals surface area contributed by atoms with E-state index in [2.05, 4.69) is 15.9 Å². The highest BCUT2D eigenvalue weighted by atomic mass is 79.9. The molecule has 0 aromatic carbocycles. The van der Waals surface area contributed by atoms with Crippen LogP contribution >= 0.6 is 27.3 Å². The maximum absolute atomic E-state index is 12.5. The van der Waals surface area contributed by atoms with E-state index in [9.17, 15) is 8.42 Å². The van der Waals surface area contributed by atoms with Gasteiger partial charge in [-0.25, -0.2) is 8.42 Å². The largest absolute Gasteiger partial charge is 0.330 e. The average Bonchev–Trinajstić information content (AvgIpc) is 2.95. The van der Waals surface area contributed by atoms with Crippen molar-refractivity contribution in [1.29, 1.82) is 0 Å². The Morgan fingerprint density at radius 1 is 1.50 bits per heavy atom. The molecule has 7 heteroatoms. The summed E-state index contributed by atoms with van der Waals surface area (Å²) in [6.07, 6.45) is 2.99. The van der Waals surface area contributed by atoms with Gasteiger partial charge < -0.3 is 5.73 Å². The number of nitrogens with zero attached hydrogens (tertiary/aromatic N) is 1. The number of halogens is 1. The molecule has 1 aromatic rings. The van der Waals surface area contributed by atoms with E-state index >= 15 is 0 Å². The van der Waals surface area contributed by atoms with Gasteiger partial charge in [-0.2, -0.15) is 4.31 Å². The summed E-state index contributed by atoms with van der Waals surface area (Å²) in [6.45, 7) is 0.554. The number of nitrogens with two attached hydrogens (primary N) is 1. The Bertz CT molecular complexity index is 515. The van der Waals surface area contributed by atoms with E-state index in [1.807, 2.05) is 0 Å². The van der Waals surface area contributed by atoms with Gasteiger partial charge in [-0.3, -0.25) is 0 Å². The Labute approximate surface area is 120 Å². The standard InChI is InChI=1S/C11H17BrN2O2S2/c1-14(9-4-2-3-8(9)7-13)18(15,16)11-6-5-10(12)17-11/h5-6,8-9H,2-4,7,13H2,1H3. The number of sulfonamides is 1. The highest BCUT2D eigenvalue weighted by Gasteiger charge is 2.36. The van der Waals surface area contributed by atoms with Gasteiger partial charge in [0.2, 0.25) is 0 Å². The van der Waals surface area contributed by atoms with Crippen LogP contribution in [0.2, 0.25) is 0 Å². The molecule has 0 spiro atoms. The first-order valence-corrected chi connectivity index (χ1v) is 8.95. The Kier molecular flexibility index (Phi) is 4.48. The van der Waals surface area contributed by atoms with E-state index in [4.69, 9.17) is 5.73 Å². The Morgan fingerprint density at radius 3 is 2.78 bits per heavy atom. The minimum atomic E-state index is -3.38. The van der Waals surface area contributed by atoms with Crippen molar-refractivity contribution in [3.8, 4) is 0 Å². The summed E-state index contributed by atoms with van der Waals surface area (Å²) in [5.74, 6) is 0.285. The summed E-state index contributed by atoms with van der Waals surface area (Å²) in [4.78, 5) is 0. The van der Waals surface area contributed by atoms with Gasteiger partial charge in [0.25, 0.3) is 10.0 Å². The topological polar surface area (TPSA) is 63.4 Å². The number of hydrogen-bond acceptors (Lipinski definition) is 4. The lowest BCUT2D eigenvalue weighted by atomic mass is 10.0. The molecule has 2 unspecified atom stereocenters. The van der Waals surface area contributed by atoms with Crippen molar-refractivity contribution in [3.05, 3.63) is 15.9 Å². The molecule has 2 N–H and O–H groups in total. The molecule has 18 heavy (non-hydrogen) atoms. The summed E-state index contributed by atoms with van der Waals surface area (Å²) in [5, 5.41) is 0. The fourth-order valence-electron chi connectivity index (χ4n) is 2.53. The summed E-state index contributed by atoms with van der Waals surface area (Å²) in [7, 11) is -1.71. The average molecular weight is 353 g/mol. The molecule has 0 amide bonds. The molecule has 1 aromatic heterocycles. The highest BCUT2D eigenvalue weighted by Crippen LogP contribution is 2.34. The zero-order valence-corrected chi connectivity index (χ0v) is 13.4. The monoisotopic (exact) mass is 352 g/mol. The third-order valence-corrected chi connectivity index (χ3v) is 7.54. The van der Waals surface area contributed by atoms with Gasteiger partial charge >= 0.3 is 0 Å². The van der Waals surface area contributed by atoms with Gasteiger partial charge in [0, 0.05) is 13.1 Å². The molecular weight excluding hydrogens is 336 g/mol. The number of rotatable bonds is 4. The second-order valence-corrected chi connectivity index (χ2v) is 9.26. The molecule has 4 nitrogen and oxygen atoms in total. The molecule has 102 valence electrons. The van der Waals surface area contributed by atoms with E-state index in [0.717, 1.165) is 23.0 Å². The Hall–Kier alpha value is 0.0500. The fraction of sp³-hybridized carbons (Fsp3) is 0.636. The maximum atomic E-state index is 12.5. The third kappa shape index (κ3) is 2.65. The van der Waals surface area contributed by atoms with Crippen LogP contribution < -0.4 is 5.73 Å². The van der Waals surface area contributed by atoms with Crippen molar-refractivity contribution in [2.24, 2.45) is 11.7 Å².